The summed E-state index contributed by atoms with van der Waals surface area (Å²) in [6, 6.07) is 16.9. The fraction of sp³-hybridized carbons (Fsp3) is 0.0870. The van der Waals surface area contributed by atoms with E-state index in [9.17, 15) is 14.4 Å². The van der Waals surface area contributed by atoms with E-state index in [1.54, 1.807) is 73.1 Å². The van der Waals surface area contributed by atoms with Gasteiger partial charge in [0, 0.05) is 29.6 Å². The summed E-state index contributed by atoms with van der Waals surface area (Å²) < 4.78 is 5.45. The lowest BCUT2D eigenvalue weighted by atomic mass is 10.2. The smallest absolute Gasteiger partial charge is 0.329 e. The van der Waals surface area contributed by atoms with E-state index in [-0.39, 0.29) is 19.1 Å². The van der Waals surface area contributed by atoms with Gasteiger partial charge < -0.3 is 15.4 Å². The van der Waals surface area contributed by atoms with Gasteiger partial charge in [0.2, 0.25) is 0 Å². The second-order valence-corrected chi connectivity index (χ2v) is 7.09. The number of anilines is 1. The van der Waals surface area contributed by atoms with E-state index in [0.29, 0.717) is 22.0 Å². The maximum absolute atomic E-state index is 12.0. The number of pyridine rings is 1. The number of nitrogens with zero attached hydrogens (tertiary/aromatic N) is 2. The van der Waals surface area contributed by atoms with Crippen molar-refractivity contribution in [2.45, 2.75) is 6.54 Å². The largest absolute Gasteiger partial charge is 0.484 e. The van der Waals surface area contributed by atoms with E-state index in [1.165, 1.54) is 6.21 Å². The molecule has 3 amide bonds. The van der Waals surface area contributed by atoms with Crippen LogP contribution in [0.4, 0.5) is 5.69 Å². The molecule has 0 unspecified atom stereocenters. The third kappa shape index (κ3) is 8.08. The molecular formula is C23H20ClN5O4. The second kappa shape index (κ2) is 12.0. The Morgan fingerprint density at radius 1 is 1.00 bits per heavy atom. The minimum Gasteiger partial charge on any atom is -0.484 e. The topological polar surface area (TPSA) is 122 Å². The Labute approximate surface area is 194 Å². The van der Waals surface area contributed by atoms with Gasteiger partial charge in [-0.25, -0.2) is 5.43 Å². The molecule has 0 aliphatic heterocycles. The van der Waals surface area contributed by atoms with Crippen LogP contribution >= 0.6 is 11.6 Å². The number of amides is 3. The first-order valence-corrected chi connectivity index (χ1v) is 10.2. The van der Waals surface area contributed by atoms with E-state index in [0.717, 1.165) is 5.56 Å². The molecule has 0 radical (unpaired) electrons. The van der Waals surface area contributed by atoms with E-state index < -0.39 is 11.8 Å². The molecule has 0 aliphatic carbocycles. The van der Waals surface area contributed by atoms with Gasteiger partial charge in [0.15, 0.2) is 6.61 Å². The zero-order valence-corrected chi connectivity index (χ0v) is 18.1. The highest BCUT2D eigenvalue weighted by atomic mass is 35.5. The predicted molar refractivity (Wildman–Crippen MR) is 124 cm³/mol. The lowest BCUT2D eigenvalue weighted by molar-refractivity contribution is -0.139. The Morgan fingerprint density at radius 2 is 1.76 bits per heavy atom. The van der Waals surface area contributed by atoms with Gasteiger partial charge in [0.1, 0.15) is 5.75 Å². The van der Waals surface area contributed by atoms with Crippen molar-refractivity contribution in [1.29, 1.82) is 0 Å². The number of halogens is 1. The second-order valence-electron chi connectivity index (χ2n) is 6.65. The highest BCUT2D eigenvalue weighted by molar-refractivity contribution is 6.35. The minimum atomic E-state index is -0.883. The predicted octanol–water partition coefficient (Wildman–Crippen LogP) is 2.52. The maximum atomic E-state index is 12.0. The molecular weight excluding hydrogens is 446 g/mol. The number of rotatable bonds is 8. The van der Waals surface area contributed by atoms with Crippen molar-refractivity contribution in [2.24, 2.45) is 5.10 Å². The van der Waals surface area contributed by atoms with Crippen LogP contribution in [0.2, 0.25) is 5.02 Å². The first-order chi connectivity index (χ1) is 16.0. The summed E-state index contributed by atoms with van der Waals surface area (Å²) in [6.07, 6.45) is 4.57. The van der Waals surface area contributed by atoms with Crippen LogP contribution in [-0.2, 0) is 20.9 Å². The molecule has 3 aromatic rings. The Kier molecular flexibility index (Phi) is 8.49. The molecule has 0 spiro atoms. The Bertz CT molecular complexity index is 1140. The molecule has 2 aromatic carbocycles. The summed E-state index contributed by atoms with van der Waals surface area (Å²) in [5.41, 5.74) is 4.22. The van der Waals surface area contributed by atoms with Crippen LogP contribution in [0.5, 0.6) is 5.75 Å². The fourth-order valence-corrected chi connectivity index (χ4v) is 2.73. The van der Waals surface area contributed by atoms with E-state index >= 15 is 0 Å². The van der Waals surface area contributed by atoms with Crippen LogP contribution in [0.25, 0.3) is 0 Å². The van der Waals surface area contributed by atoms with Gasteiger partial charge in [0.25, 0.3) is 5.91 Å². The monoisotopic (exact) mass is 465 g/mol. The lowest BCUT2D eigenvalue weighted by Crippen LogP contribution is -2.37. The fourth-order valence-electron chi connectivity index (χ4n) is 2.54. The van der Waals surface area contributed by atoms with Crippen LogP contribution < -0.4 is 20.8 Å². The number of nitrogens with one attached hydrogen (secondary N) is 3. The van der Waals surface area contributed by atoms with Gasteiger partial charge in [-0.1, -0.05) is 17.7 Å². The Morgan fingerprint density at radius 3 is 2.48 bits per heavy atom. The number of benzene rings is 2. The normalized spacial score (nSPS) is 10.5. The van der Waals surface area contributed by atoms with Crippen molar-refractivity contribution in [1.82, 2.24) is 15.7 Å². The SMILES string of the molecule is O=C(COc1ccc(/C=N\NC(=O)C(=O)NCc2ccncc2)cc1)Nc1cccc(Cl)c1. The van der Waals surface area contributed by atoms with Crippen LogP contribution in [0.1, 0.15) is 11.1 Å². The number of carbonyl (C=O) groups is 3. The number of ether oxygens (including phenoxy) is 1. The molecule has 3 N–H and O–H groups in total. The lowest BCUT2D eigenvalue weighted by Gasteiger charge is -2.08. The molecule has 0 atom stereocenters. The zero-order chi connectivity index (χ0) is 23.5. The number of hydrazone groups is 1. The van der Waals surface area contributed by atoms with E-state index in [2.05, 4.69) is 26.1 Å². The van der Waals surface area contributed by atoms with E-state index in [4.69, 9.17) is 16.3 Å². The number of hydrogen-bond acceptors (Lipinski definition) is 6. The summed E-state index contributed by atoms with van der Waals surface area (Å²) in [7, 11) is 0. The van der Waals surface area contributed by atoms with Gasteiger partial charge in [-0.2, -0.15) is 5.10 Å². The molecule has 0 bridgehead atoms. The standard InChI is InChI=1S/C23H20ClN5O4/c24-18-2-1-3-19(12-18)28-21(30)15-33-20-6-4-16(5-7-20)14-27-29-23(32)22(31)26-13-17-8-10-25-11-9-17/h1-12,14H,13,15H2,(H,26,31)(H,28,30)(H,29,32)/b27-14-. The highest BCUT2D eigenvalue weighted by Crippen LogP contribution is 2.15. The van der Waals surface area contributed by atoms with Gasteiger partial charge in [-0.3, -0.25) is 19.4 Å². The van der Waals surface area contributed by atoms with Crippen LogP contribution in [-0.4, -0.2) is 35.5 Å². The van der Waals surface area contributed by atoms with Crippen molar-refractivity contribution in [3.05, 3.63) is 89.2 Å². The van der Waals surface area contributed by atoms with Crippen molar-refractivity contribution in [3.63, 3.8) is 0 Å². The highest BCUT2D eigenvalue weighted by Gasteiger charge is 2.11. The minimum absolute atomic E-state index is 0.176. The van der Waals surface area contributed by atoms with Crippen LogP contribution in [0.15, 0.2) is 78.2 Å². The first-order valence-electron chi connectivity index (χ1n) is 9.78. The Hall–Kier alpha value is -4.24. The molecule has 3 rings (SSSR count). The third-order valence-corrected chi connectivity index (χ3v) is 4.38. The van der Waals surface area contributed by atoms with Crippen molar-refractivity contribution in [2.75, 3.05) is 11.9 Å². The molecule has 0 saturated heterocycles. The maximum Gasteiger partial charge on any atom is 0.329 e. The van der Waals surface area contributed by atoms with Crippen molar-refractivity contribution in [3.8, 4) is 5.75 Å². The molecule has 0 aliphatic rings. The summed E-state index contributed by atoms with van der Waals surface area (Å²) in [5, 5.41) is 9.46. The van der Waals surface area contributed by atoms with Crippen LogP contribution in [0.3, 0.4) is 0 Å². The quantitative estimate of drug-likeness (QED) is 0.268. The molecule has 168 valence electrons. The number of aromatic nitrogens is 1. The average Bonchev–Trinajstić information content (AvgIpc) is 2.82. The summed E-state index contributed by atoms with van der Waals surface area (Å²) in [6.45, 7) is 0.0294. The zero-order valence-electron chi connectivity index (χ0n) is 17.3. The van der Waals surface area contributed by atoms with E-state index in [1.807, 2.05) is 0 Å². The summed E-state index contributed by atoms with van der Waals surface area (Å²) in [4.78, 5) is 39.4. The van der Waals surface area contributed by atoms with Gasteiger partial charge in [-0.15, -0.1) is 0 Å². The van der Waals surface area contributed by atoms with Crippen LogP contribution in [0, 0.1) is 0 Å². The van der Waals surface area contributed by atoms with Gasteiger partial charge in [0.05, 0.1) is 6.21 Å². The number of hydrogen-bond donors (Lipinski definition) is 3. The average molecular weight is 466 g/mol. The molecule has 0 fully saturated rings. The summed E-state index contributed by atoms with van der Waals surface area (Å²) >= 11 is 5.88. The molecule has 1 heterocycles. The van der Waals surface area contributed by atoms with Crippen molar-refractivity contribution >= 4 is 41.2 Å². The van der Waals surface area contributed by atoms with Gasteiger partial charge >= 0.3 is 11.8 Å². The molecule has 0 saturated carbocycles. The molecule has 10 heteroatoms. The van der Waals surface area contributed by atoms with Gasteiger partial charge in [-0.05, 0) is 65.7 Å². The molecule has 33 heavy (non-hydrogen) atoms. The molecule has 1 aromatic heterocycles. The summed E-state index contributed by atoms with van der Waals surface area (Å²) in [5.74, 6) is -1.53. The number of carbonyl (C=O) groups excluding carboxylic acids is 3. The van der Waals surface area contributed by atoms with Crippen molar-refractivity contribution < 1.29 is 19.1 Å². The molecule has 9 nitrogen and oxygen atoms in total. The first kappa shape index (κ1) is 23.4. The third-order valence-electron chi connectivity index (χ3n) is 4.15. The Balaban J connectivity index is 1.39.